The van der Waals surface area contributed by atoms with Crippen molar-refractivity contribution in [2.45, 2.75) is 32.2 Å². The number of aliphatic imine (C=N–C) groups is 1. The molecule has 0 atom stereocenters. The smallest absolute Gasteiger partial charge is 0.305 e. The number of unbranched alkanes of at least 4 members (excludes halogenated alkanes) is 2. The largest absolute Gasteiger partial charge is 0.469 e. The minimum Gasteiger partial charge on any atom is -0.469 e. The van der Waals surface area contributed by atoms with Crippen molar-refractivity contribution in [2.24, 2.45) is 4.99 Å². The van der Waals surface area contributed by atoms with Crippen LogP contribution in [-0.4, -0.2) is 32.6 Å². The van der Waals surface area contributed by atoms with E-state index >= 15 is 0 Å². The topological polar surface area (TPSA) is 62.7 Å². The van der Waals surface area contributed by atoms with Crippen molar-refractivity contribution < 1.29 is 9.53 Å². The van der Waals surface area contributed by atoms with Gasteiger partial charge in [-0.25, -0.2) is 0 Å². The summed E-state index contributed by atoms with van der Waals surface area (Å²) in [5, 5.41) is 7.67. The first-order valence-electron chi connectivity index (χ1n) is 7.52. The minimum absolute atomic E-state index is 0.157. The van der Waals surface area contributed by atoms with Gasteiger partial charge in [-0.1, -0.05) is 35.7 Å². The second-order valence-electron chi connectivity index (χ2n) is 4.98. The van der Waals surface area contributed by atoms with Gasteiger partial charge in [0.15, 0.2) is 5.96 Å². The Kier molecular flexibility index (Phi) is 9.48. The second-order valence-corrected chi connectivity index (χ2v) is 5.82. The molecule has 0 aromatic heterocycles. The third-order valence-electron chi connectivity index (χ3n) is 3.26. The first kappa shape index (κ1) is 19.6. The van der Waals surface area contributed by atoms with Crippen LogP contribution in [0.1, 0.15) is 31.2 Å². The van der Waals surface area contributed by atoms with Gasteiger partial charge in [-0.05, 0) is 30.5 Å². The van der Waals surface area contributed by atoms with Gasteiger partial charge in [0.2, 0.25) is 0 Å². The number of esters is 1. The minimum atomic E-state index is -0.157. The highest BCUT2D eigenvalue weighted by molar-refractivity contribution is 6.35. The van der Waals surface area contributed by atoms with E-state index in [1.807, 2.05) is 12.1 Å². The highest BCUT2D eigenvalue weighted by atomic mass is 35.5. The van der Waals surface area contributed by atoms with Crippen molar-refractivity contribution in [1.29, 1.82) is 0 Å². The molecule has 1 aromatic carbocycles. The zero-order valence-corrected chi connectivity index (χ0v) is 15.0. The van der Waals surface area contributed by atoms with Gasteiger partial charge in [0.25, 0.3) is 0 Å². The van der Waals surface area contributed by atoms with Crippen LogP contribution in [0, 0.1) is 0 Å². The highest BCUT2D eigenvalue weighted by Gasteiger charge is 2.03. The number of hydrogen-bond donors (Lipinski definition) is 2. The third kappa shape index (κ3) is 8.09. The number of carbonyl (C=O) groups is 1. The number of rotatable bonds is 8. The van der Waals surface area contributed by atoms with Gasteiger partial charge in [-0.3, -0.25) is 9.79 Å². The Bertz CT molecular complexity index is 536. The Morgan fingerprint density at radius 2 is 2.00 bits per heavy atom. The summed E-state index contributed by atoms with van der Waals surface area (Å²) in [7, 11) is 3.13. The number of methoxy groups -OCH3 is 1. The van der Waals surface area contributed by atoms with E-state index in [4.69, 9.17) is 23.2 Å². The maximum absolute atomic E-state index is 11.0. The van der Waals surface area contributed by atoms with Crippen LogP contribution in [0.2, 0.25) is 10.0 Å². The fourth-order valence-corrected chi connectivity index (χ4v) is 2.42. The standard InChI is InChI=1S/C16H23Cl2N3O2/c1-19-16(20-9-5-3-4-6-15(22)23-2)21-11-12-7-8-13(17)10-14(12)18/h7-8,10H,3-6,9,11H2,1-2H3,(H2,19,20,21). The summed E-state index contributed by atoms with van der Waals surface area (Å²) < 4.78 is 4.60. The van der Waals surface area contributed by atoms with Crippen LogP contribution >= 0.6 is 23.2 Å². The quantitative estimate of drug-likeness (QED) is 0.323. The number of hydrogen-bond acceptors (Lipinski definition) is 3. The molecule has 2 N–H and O–H groups in total. The first-order valence-corrected chi connectivity index (χ1v) is 8.27. The van der Waals surface area contributed by atoms with Gasteiger partial charge < -0.3 is 15.4 Å². The van der Waals surface area contributed by atoms with Crippen LogP contribution < -0.4 is 10.6 Å². The van der Waals surface area contributed by atoms with Crippen LogP contribution in [0.3, 0.4) is 0 Å². The molecule has 1 rings (SSSR count). The molecular weight excluding hydrogens is 337 g/mol. The molecular formula is C16H23Cl2N3O2. The summed E-state index contributed by atoms with van der Waals surface area (Å²) in [4.78, 5) is 15.1. The summed E-state index contributed by atoms with van der Waals surface area (Å²) in [6.07, 6.45) is 3.22. The van der Waals surface area contributed by atoms with Crippen molar-refractivity contribution >= 4 is 35.1 Å². The monoisotopic (exact) mass is 359 g/mol. The second kappa shape index (κ2) is 11.1. The van der Waals surface area contributed by atoms with Crippen molar-refractivity contribution in [3.8, 4) is 0 Å². The Hall–Kier alpha value is -1.46. The number of ether oxygens (including phenoxy) is 1. The first-order chi connectivity index (χ1) is 11.1. The van der Waals surface area contributed by atoms with E-state index in [2.05, 4.69) is 20.4 Å². The van der Waals surface area contributed by atoms with E-state index in [0.717, 1.165) is 31.4 Å². The fourth-order valence-electron chi connectivity index (χ4n) is 1.94. The predicted octanol–water partition coefficient (Wildman–Crippen LogP) is 3.39. The summed E-state index contributed by atoms with van der Waals surface area (Å²) in [6, 6.07) is 5.41. The molecule has 1 aromatic rings. The van der Waals surface area contributed by atoms with E-state index in [1.165, 1.54) is 7.11 Å². The van der Waals surface area contributed by atoms with Gasteiger partial charge >= 0.3 is 5.97 Å². The predicted molar refractivity (Wildman–Crippen MR) is 95.1 cm³/mol. The van der Waals surface area contributed by atoms with E-state index in [9.17, 15) is 4.79 Å². The molecule has 0 heterocycles. The molecule has 128 valence electrons. The zero-order chi connectivity index (χ0) is 17.1. The summed E-state index contributed by atoms with van der Waals surface area (Å²) in [6.45, 7) is 1.35. The maximum atomic E-state index is 11.0. The molecule has 0 saturated carbocycles. The summed E-state index contributed by atoms with van der Waals surface area (Å²) in [5.74, 6) is 0.555. The molecule has 0 saturated heterocycles. The number of benzene rings is 1. The lowest BCUT2D eigenvalue weighted by Crippen LogP contribution is -2.37. The van der Waals surface area contributed by atoms with Crippen LogP contribution in [0.4, 0.5) is 0 Å². The van der Waals surface area contributed by atoms with Crippen LogP contribution in [-0.2, 0) is 16.1 Å². The fraction of sp³-hybridized carbons (Fsp3) is 0.500. The molecule has 0 radical (unpaired) electrons. The SMILES string of the molecule is CN=C(NCCCCCC(=O)OC)NCc1ccc(Cl)cc1Cl. The lowest BCUT2D eigenvalue weighted by atomic mass is 10.2. The molecule has 0 unspecified atom stereocenters. The van der Waals surface area contributed by atoms with Gasteiger partial charge in [0.05, 0.1) is 7.11 Å². The molecule has 0 spiro atoms. The van der Waals surface area contributed by atoms with E-state index in [-0.39, 0.29) is 5.97 Å². The van der Waals surface area contributed by atoms with Gasteiger partial charge in [-0.2, -0.15) is 0 Å². The Morgan fingerprint density at radius 1 is 1.22 bits per heavy atom. The number of nitrogens with one attached hydrogen (secondary N) is 2. The normalized spacial score (nSPS) is 11.2. The van der Waals surface area contributed by atoms with Crippen molar-refractivity contribution in [3.63, 3.8) is 0 Å². The van der Waals surface area contributed by atoms with Crippen LogP contribution in [0.5, 0.6) is 0 Å². The molecule has 0 amide bonds. The molecule has 0 aliphatic carbocycles. The van der Waals surface area contributed by atoms with Gasteiger partial charge in [0.1, 0.15) is 0 Å². The third-order valence-corrected chi connectivity index (χ3v) is 3.85. The van der Waals surface area contributed by atoms with Crippen molar-refractivity contribution in [2.75, 3.05) is 20.7 Å². The average Bonchev–Trinajstić information content (AvgIpc) is 2.54. The molecule has 0 aliphatic heterocycles. The molecule has 0 fully saturated rings. The summed E-state index contributed by atoms with van der Waals surface area (Å²) >= 11 is 12.0. The van der Waals surface area contributed by atoms with E-state index in [1.54, 1.807) is 13.1 Å². The molecule has 5 nitrogen and oxygen atoms in total. The lowest BCUT2D eigenvalue weighted by molar-refractivity contribution is -0.140. The van der Waals surface area contributed by atoms with Crippen molar-refractivity contribution in [1.82, 2.24) is 10.6 Å². The average molecular weight is 360 g/mol. The maximum Gasteiger partial charge on any atom is 0.305 e. The molecule has 0 aliphatic rings. The van der Waals surface area contributed by atoms with Crippen molar-refractivity contribution in [3.05, 3.63) is 33.8 Å². The zero-order valence-electron chi connectivity index (χ0n) is 13.5. The number of guanidine groups is 1. The molecule has 7 heteroatoms. The van der Waals surface area contributed by atoms with Crippen LogP contribution in [0.15, 0.2) is 23.2 Å². The lowest BCUT2D eigenvalue weighted by Gasteiger charge is -2.12. The van der Waals surface area contributed by atoms with E-state index in [0.29, 0.717) is 29.0 Å². The highest BCUT2D eigenvalue weighted by Crippen LogP contribution is 2.20. The Labute approximate surface area is 147 Å². The Morgan fingerprint density at radius 3 is 2.65 bits per heavy atom. The van der Waals surface area contributed by atoms with Crippen LogP contribution in [0.25, 0.3) is 0 Å². The summed E-state index contributed by atoms with van der Waals surface area (Å²) in [5.41, 5.74) is 0.956. The van der Waals surface area contributed by atoms with Gasteiger partial charge in [0, 0.05) is 36.6 Å². The number of carbonyl (C=O) groups excluding carboxylic acids is 1. The molecule has 23 heavy (non-hydrogen) atoms. The molecule has 0 bridgehead atoms. The number of nitrogens with zero attached hydrogens (tertiary/aromatic N) is 1. The van der Waals surface area contributed by atoms with E-state index < -0.39 is 0 Å². The number of halogens is 2. The van der Waals surface area contributed by atoms with Gasteiger partial charge in [-0.15, -0.1) is 0 Å². The Balaban J connectivity index is 2.23.